The van der Waals surface area contributed by atoms with E-state index in [1.807, 2.05) is 6.26 Å². The topological polar surface area (TPSA) is 350 Å². The van der Waals surface area contributed by atoms with Crippen molar-refractivity contribution in [1.82, 2.24) is 36.4 Å². The van der Waals surface area contributed by atoms with Crippen molar-refractivity contribution in [2.24, 2.45) is 23.3 Å². The number of phenols is 1. The number of carboxylic acid groups (broad SMARTS) is 2. The van der Waals surface area contributed by atoms with Crippen LogP contribution in [0.2, 0.25) is 0 Å². The number of primary amides is 1. The van der Waals surface area contributed by atoms with Gasteiger partial charge in [0.2, 0.25) is 47.3 Å². The molecule has 0 spiro atoms. The van der Waals surface area contributed by atoms with Crippen LogP contribution in [-0.4, -0.2) is 158 Å². The van der Waals surface area contributed by atoms with Crippen LogP contribution in [0.15, 0.2) is 24.3 Å². The molecule has 2 heterocycles. The minimum Gasteiger partial charge on any atom is -0.508 e. The number of benzene rings is 1. The minimum atomic E-state index is -1.84. The highest BCUT2D eigenvalue weighted by Crippen LogP contribution is 2.23. The Morgan fingerprint density at radius 2 is 1.20 bits per heavy atom. The van der Waals surface area contributed by atoms with Crippen LogP contribution < -0.4 is 38.1 Å². The molecule has 8 amide bonds. The number of carboxylic acids is 2. The van der Waals surface area contributed by atoms with Crippen molar-refractivity contribution < 1.29 is 63.3 Å². The lowest BCUT2D eigenvalue weighted by atomic mass is 10.00. The van der Waals surface area contributed by atoms with E-state index in [9.17, 15) is 63.3 Å². The predicted octanol–water partition coefficient (Wildman–Crippen LogP) is -1.44. The third-order valence-electron chi connectivity index (χ3n) is 11.3. The number of carbonyl (C=O) groups excluding carboxylic acids is 8. The fraction of sp³-hybridized carbons (Fsp3) is 0.628. The maximum absolute atomic E-state index is 14.5. The number of hydrogen-bond acceptors (Lipinski definition) is 13. The normalized spacial score (nSPS) is 18.6. The SMILES string of the molecule is CSCC[C@H](NC(=O)[C@@H]1CCCN1C(=O)[C@H](Cc1ccc(O)cc1)NC(=O)[C@H](CC(N)=O)NC(=O)[C@H](CC(=O)O)NC(=O)[C@H](CC(C)C)NC(=O)[C@@H](N)C(C)C)C(=O)N1CCC[C@H]1C(=O)O. The molecule has 2 saturated heterocycles. The molecule has 12 N–H and O–H groups in total. The summed E-state index contributed by atoms with van der Waals surface area (Å²) in [4.78, 5) is 135. The molecule has 0 unspecified atom stereocenters. The van der Waals surface area contributed by atoms with Crippen LogP contribution in [-0.2, 0) is 54.4 Å². The first-order valence-corrected chi connectivity index (χ1v) is 23.3. The van der Waals surface area contributed by atoms with Crippen molar-refractivity contribution in [3.63, 3.8) is 0 Å². The number of amides is 8. The molecular weight excluding hydrogens is 883 g/mol. The molecule has 366 valence electrons. The Balaban J connectivity index is 1.90. The zero-order valence-electron chi connectivity index (χ0n) is 37.9. The lowest BCUT2D eigenvalue weighted by molar-refractivity contribution is -0.149. The number of thioether (sulfide) groups is 1. The monoisotopic (exact) mass is 947 g/mol. The number of aliphatic carboxylic acids is 2. The summed E-state index contributed by atoms with van der Waals surface area (Å²) in [5, 5.41) is 41.7. The van der Waals surface area contributed by atoms with Gasteiger partial charge in [-0.05, 0) is 80.1 Å². The highest BCUT2D eigenvalue weighted by atomic mass is 32.2. The first-order valence-electron chi connectivity index (χ1n) is 21.9. The summed E-state index contributed by atoms with van der Waals surface area (Å²) in [6, 6.07) is -4.98. The van der Waals surface area contributed by atoms with E-state index in [1.54, 1.807) is 27.7 Å². The van der Waals surface area contributed by atoms with Crippen molar-refractivity contribution >= 4 is 71.0 Å². The summed E-state index contributed by atoms with van der Waals surface area (Å²) in [6.45, 7) is 7.19. The molecule has 66 heavy (non-hydrogen) atoms. The Morgan fingerprint density at radius 3 is 1.71 bits per heavy atom. The van der Waals surface area contributed by atoms with Crippen LogP contribution in [0.4, 0.5) is 0 Å². The van der Waals surface area contributed by atoms with E-state index in [0.29, 0.717) is 24.2 Å². The molecule has 0 aliphatic carbocycles. The van der Waals surface area contributed by atoms with Crippen molar-refractivity contribution in [1.29, 1.82) is 0 Å². The van der Waals surface area contributed by atoms with Crippen molar-refractivity contribution in [2.75, 3.05) is 25.1 Å². The molecular formula is C43H65N9O13S. The zero-order valence-corrected chi connectivity index (χ0v) is 38.8. The fourth-order valence-corrected chi connectivity index (χ4v) is 8.18. The van der Waals surface area contributed by atoms with Gasteiger partial charge in [0.1, 0.15) is 48.0 Å². The Bertz CT molecular complexity index is 1940. The van der Waals surface area contributed by atoms with Crippen LogP contribution in [0.3, 0.4) is 0 Å². The molecule has 8 atom stereocenters. The summed E-state index contributed by atoms with van der Waals surface area (Å²) in [6.07, 6.45) is 1.27. The predicted molar refractivity (Wildman–Crippen MR) is 240 cm³/mol. The maximum atomic E-state index is 14.5. The molecule has 3 rings (SSSR count). The Kier molecular flexibility index (Phi) is 21.1. The van der Waals surface area contributed by atoms with E-state index >= 15 is 0 Å². The van der Waals surface area contributed by atoms with Gasteiger partial charge in [-0.3, -0.25) is 43.2 Å². The maximum Gasteiger partial charge on any atom is 0.326 e. The van der Waals surface area contributed by atoms with Crippen molar-refractivity contribution in [3.8, 4) is 5.75 Å². The molecule has 1 aromatic carbocycles. The summed E-state index contributed by atoms with van der Waals surface area (Å²) < 4.78 is 0. The van der Waals surface area contributed by atoms with Gasteiger partial charge >= 0.3 is 11.9 Å². The summed E-state index contributed by atoms with van der Waals surface area (Å²) in [5.74, 6) is -9.76. The number of nitrogens with two attached hydrogens (primary N) is 2. The Hall–Kier alpha value is -5.97. The molecule has 0 radical (unpaired) electrons. The number of likely N-dealkylation sites (tertiary alicyclic amines) is 2. The lowest BCUT2D eigenvalue weighted by Gasteiger charge is -2.32. The molecule has 2 aliphatic rings. The first kappa shape index (κ1) is 54.4. The zero-order chi connectivity index (χ0) is 49.4. The molecule has 2 aliphatic heterocycles. The van der Waals surface area contributed by atoms with Crippen LogP contribution in [0.25, 0.3) is 0 Å². The molecule has 23 heteroatoms. The van der Waals surface area contributed by atoms with Crippen LogP contribution >= 0.6 is 11.8 Å². The van der Waals surface area contributed by atoms with Crippen molar-refractivity contribution in [3.05, 3.63) is 29.8 Å². The average Bonchev–Trinajstić information content (AvgIpc) is 3.95. The van der Waals surface area contributed by atoms with Gasteiger partial charge in [-0.25, -0.2) is 4.79 Å². The minimum absolute atomic E-state index is 0.0508. The number of aromatic hydroxyl groups is 1. The smallest absolute Gasteiger partial charge is 0.326 e. The second-order valence-corrected chi connectivity index (χ2v) is 18.3. The van der Waals surface area contributed by atoms with E-state index in [-0.39, 0.29) is 62.8 Å². The highest BCUT2D eigenvalue weighted by molar-refractivity contribution is 7.98. The number of nitrogens with zero attached hydrogens (tertiary/aromatic N) is 2. The summed E-state index contributed by atoms with van der Waals surface area (Å²) in [5.41, 5.74) is 11.9. The van der Waals surface area contributed by atoms with Gasteiger partial charge in [-0.15, -0.1) is 0 Å². The van der Waals surface area contributed by atoms with E-state index in [1.165, 1.54) is 45.8 Å². The number of nitrogens with one attached hydrogen (secondary N) is 5. The van der Waals surface area contributed by atoms with Crippen LogP contribution in [0, 0.1) is 11.8 Å². The van der Waals surface area contributed by atoms with E-state index in [0.717, 1.165) is 0 Å². The lowest BCUT2D eigenvalue weighted by Crippen LogP contribution is -2.61. The van der Waals surface area contributed by atoms with E-state index < -0.39 is 120 Å². The summed E-state index contributed by atoms with van der Waals surface area (Å²) in [7, 11) is 0. The molecule has 0 saturated carbocycles. The molecule has 0 aromatic heterocycles. The third kappa shape index (κ3) is 16.2. The number of hydrogen-bond donors (Lipinski definition) is 10. The highest BCUT2D eigenvalue weighted by Gasteiger charge is 2.42. The largest absolute Gasteiger partial charge is 0.508 e. The molecule has 2 fully saturated rings. The Labute approximate surface area is 387 Å². The molecule has 22 nitrogen and oxygen atoms in total. The second-order valence-electron chi connectivity index (χ2n) is 17.3. The number of carbonyl (C=O) groups is 10. The second kappa shape index (κ2) is 25.7. The number of rotatable bonds is 25. The van der Waals surface area contributed by atoms with Gasteiger partial charge in [-0.1, -0.05) is 39.8 Å². The van der Waals surface area contributed by atoms with E-state index in [4.69, 9.17) is 11.5 Å². The average molecular weight is 948 g/mol. The van der Waals surface area contributed by atoms with Gasteiger partial charge < -0.3 is 63.2 Å². The van der Waals surface area contributed by atoms with Crippen molar-refractivity contribution in [2.45, 2.75) is 134 Å². The fourth-order valence-electron chi connectivity index (χ4n) is 7.70. The van der Waals surface area contributed by atoms with Gasteiger partial charge in [0.05, 0.1) is 18.9 Å². The summed E-state index contributed by atoms with van der Waals surface area (Å²) >= 11 is 1.42. The number of phenolic OH excluding ortho intramolecular Hbond substituents is 1. The van der Waals surface area contributed by atoms with Crippen LogP contribution in [0.1, 0.15) is 84.6 Å². The third-order valence-corrected chi connectivity index (χ3v) is 11.9. The van der Waals surface area contributed by atoms with E-state index in [2.05, 4.69) is 26.6 Å². The molecule has 0 bridgehead atoms. The Morgan fingerprint density at radius 1 is 0.697 bits per heavy atom. The standard InChI is InChI=1S/C43H65N9O13S/c1-22(2)18-27(49-40(61)35(45)23(3)4)36(57)48-29(21-34(55)56)38(59)47-28(20-33(44)54)37(58)50-30(19-24-10-12-25(53)13-11-24)42(63)51-15-6-8-31(51)39(60)46-26(14-17-66-5)41(62)52-16-7-9-32(52)43(64)65/h10-13,22-23,26-32,35,53H,6-9,14-21,45H2,1-5H3,(H2,44,54)(H,46,60)(H,47,59)(H,48,57)(H,49,61)(H,50,58)(H,55,56)(H,64,65)/t26-,27-,28-,29-,30-,31-,32-,35-/m0/s1. The molecule has 1 aromatic rings. The van der Waals surface area contributed by atoms with Crippen LogP contribution in [0.5, 0.6) is 5.75 Å². The first-order chi connectivity index (χ1) is 31.0. The van der Waals surface area contributed by atoms with Gasteiger partial charge in [0.15, 0.2) is 0 Å². The van der Waals surface area contributed by atoms with Gasteiger partial charge in [-0.2, -0.15) is 11.8 Å². The van der Waals surface area contributed by atoms with Gasteiger partial charge in [0, 0.05) is 19.5 Å². The quantitative estimate of drug-likeness (QED) is 0.0537. The van der Waals surface area contributed by atoms with Gasteiger partial charge in [0.25, 0.3) is 0 Å².